The van der Waals surface area contributed by atoms with Gasteiger partial charge in [-0.3, -0.25) is 4.79 Å². The molecule has 4 rings (SSSR count). The van der Waals surface area contributed by atoms with Crippen molar-refractivity contribution in [3.8, 4) is 0 Å². The average Bonchev–Trinajstić information content (AvgIpc) is 3.07. The minimum atomic E-state index is 0.0354. The molecule has 0 aliphatic carbocycles. The number of piperidine rings is 1. The highest BCUT2D eigenvalue weighted by atomic mass is 32.1. The fourth-order valence-corrected chi connectivity index (χ4v) is 4.65. The van der Waals surface area contributed by atoms with E-state index in [1.54, 1.807) is 11.3 Å². The summed E-state index contributed by atoms with van der Waals surface area (Å²) in [6.07, 6.45) is 2.55. The standard InChI is InChI=1S/C18H23N3O2S/c22-17(11-14-12-19-7-10-23-14)21-8-5-13(6-9-21)18-20-15-3-1-2-4-16(15)24-18/h1-4,13-14,19H,5-12H2. The van der Waals surface area contributed by atoms with Gasteiger partial charge in [0.15, 0.2) is 0 Å². The van der Waals surface area contributed by atoms with Crippen LogP contribution in [0.3, 0.4) is 0 Å². The molecule has 2 aliphatic heterocycles. The lowest BCUT2D eigenvalue weighted by Gasteiger charge is -2.32. The van der Waals surface area contributed by atoms with Crippen molar-refractivity contribution in [1.82, 2.24) is 15.2 Å². The largest absolute Gasteiger partial charge is 0.375 e. The lowest BCUT2D eigenvalue weighted by atomic mass is 9.97. The van der Waals surface area contributed by atoms with Crippen LogP contribution >= 0.6 is 11.3 Å². The van der Waals surface area contributed by atoms with Gasteiger partial charge in [-0.2, -0.15) is 0 Å². The molecule has 0 saturated carbocycles. The number of para-hydroxylation sites is 1. The summed E-state index contributed by atoms with van der Waals surface area (Å²) in [5, 5.41) is 4.51. The van der Waals surface area contributed by atoms with Gasteiger partial charge >= 0.3 is 0 Å². The Hall–Kier alpha value is -1.50. The third kappa shape index (κ3) is 3.45. The van der Waals surface area contributed by atoms with Gasteiger partial charge < -0.3 is 15.0 Å². The molecule has 1 N–H and O–H groups in total. The summed E-state index contributed by atoms with van der Waals surface area (Å²) < 4.78 is 6.90. The number of hydrogen-bond donors (Lipinski definition) is 1. The molecule has 1 aromatic heterocycles. The van der Waals surface area contributed by atoms with Crippen LogP contribution < -0.4 is 5.32 Å². The minimum absolute atomic E-state index is 0.0354. The highest BCUT2D eigenvalue weighted by Crippen LogP contribution is 2.33. The quantitative estimate of drug-likeness (QED) is 0.928. The second-order valence-corrected chi connectivity index (χ2v) is 7.64. The maximum absolute atomic E-state index is 12.5. The zero-order chi connectivity index (χ0) is 16.4. The topological polar surface area (TPSA) is 54.5 Å². The van der Waals surface area contributed by atoms with Crippen molar-refractivity contribution in [3.63, 3.8) is 0 Å². The van der Waals surface area contributed by atoms with Gasteiger partial charge in [-0.05, 0) is 25.0 Å². The van der Waals surface area contributed by atoms with Crippen LogP contribution in [0.5, 0.6) is 0 Å². The summed E-state index contributed by atoms with van der Waals surface area (Å²) in [6.45, 7) is 4.04. The highest BCUT2D eigenvalue weighted by Gasteiger charge is 2.27. The number of hydrogen-bond acceptors (Lipinski definition) is 5. The molecule has 24 heavy (non-hydrogen) atoms. The van der Waals surface area contributed by atoms with Gasteiger partial charge in [0.05, 0.1) is 34.4 Å². The van der Waals surface area contributed by atoms with Gasteiger partial charge in [0, 0.05) is 32.1 Å². The first-order valence-electron chi connectivity index (χ1n) is 8.75. The Kier molecular flexibility index (Phi) is 4.78. The van der Waals surface area contributed by atoms with E-state index in [2.05, 4.69) is 23.5 Å². The van der Waals surface area contributed by atoms with Crippen molar-refractivity contribution < 1.29 is 9.53 Å². The normalized spacial score (nSPS) is 22.8. The number of likely N-dealkylation sites (tertiary alicyclic amines) is 1. The van der Waals surface area contributed by atoms with Gasteiger partial charge in [-0.15, -0.1) is 11.3 Å². The van der Waals surface area contributed by atoms with Crippen LogP contribution in [0.2, 0.25) is 0 Å². The Labute approximate surface area is 146 Å². The molecule has 6 heteroatoms. The molecule has 0 radical (unpaired) electrons. The number of carbonyl (C=O) groups is 1. The molecule has 3 heterocycles. The molecule has 1 atom stereocenters. The second-order valence-electron chi connectivity index (χ2n) is 6.58. The predicted molar refractivity (Wildman–Crippen MR) is 95.4 cm³/mol. The van der Waals surface area contributed by atoms with E-state index >= 15 is 0 Å². The van der Waals surface area contributed by atoms with Crippen LogP contribution in [0.15, 0.2) is 24.3 Å². The summed E-state index contributed by atoms with van der Waals surface area (Å²) in [5.74, 6) is 0.713. The molecule has 0 bridgehead atoms. The summed E-state index contributed by atoms with van der Waals surface area (Å²) in [4.78, 5) is 19.2. The molecule has 2 aromatic rings. The van der Waals surface area contributed by atoms with Crippen molar-refractivity contribution in [3.05, 3.63) is 29.3 Å². The van der Waals surface area contributed by atoms with Crippen molar-refractivity contribution >= 4 is 27.5 Å². The zero-order valence-corrected chi connectivity index (χ0v) is 14.6. The first-order valence-corrected chi connectivity index (χ1v) is 9.57. The lowest BCUT2D eigenvalue weighted by molar-refractivity contribution is -0.135. The van der Waals surface area contributed by atoms with E-state index < -0.39 is 0 Å². The van der Waals surface area contributed by atoms with Crippen LogP contribution in [-0.4, -0.2) is 54.7 Å². The van der Waals surface area contributed by atoms with Crippen LogP contribution in [0.1, 0.15) is 30.2 Å². The van der Waals surface area contributed by atoms with E-state index in [1.165, 1.54) is 9.71 Å². The number of benzene rings is 1. The molecule has 2 saturated heterocycles. The number of thiazole rings is 1. The van der Waals surface area contributed by atoms with Gasteiger partial charge in [0.1, 0.15) is 0 Å². The smallest absolute Gasteiger partial charge is 0.225 e. The molecule has 1 aromatic carbocycles. The fourth-order valence-electron chi connectivity index (χ4n) is 3.52. The molecule has 1 amide bonds. The minimum Gasteiger partial charge on any atom is -0.375 e. The van der Waals surface area contributed by atoms with Gasteiger partial charge in [0.2, 0.25) is 5.91 Å². The fraction of sp³-hybridized carbons (Fsp3) is 0.556. The molecular weight excluding hydrogens is 322 g/mol. The Morgan fingerprint density at radius 3 is 2.92 bits per heavy atom. The summed E-state index contributed by atoms with van der Waals surface area (Å²) in [7, 11) is 0. The van der Waals surface area contributed by atoms with Gasteiger partial charge in [-0.25, -0.2) is 4.98 Å². The molecule has 5 nitrogen and oxygen atoms in total. The van der Waals surface area contributed by atoms with E-state index in [0.29, 0.717) is 18.9 Å². The number of ether oxygens (including phenoxy) is 1. The molecular formula is C18H23N3O2S. The van der Waals surface area contributed by atoms with E-state index in [0.717, 1.165) is 44.5 Å². The first-order chi connectivity index (χ1) is 11.8. The number of aromatic nitrogens is 1. The number of fused-ring (bicyclic) bond motifs is 1. The van der Waals surface area contributed by atoms with Crippen molar-refractivity contribution in [2.45, 2.75) is 31.3 Å². The van der Waals surface area contributed by atoms with Crippen molar-refractivity contribution in [1.29, 1.82) is 0 Å². The van der Waals surface area contributed by atoms with Crippen LogP contribution in [0.4, 0.5) is 0 Å². The monoisotopic (exact) mass is 345 g/mol. The van der Waals surface area contributed by atoms with E-state index in [-0.39, 0.29) is 12.0 Å². The molecule has 2 fully saturated rings. The Balaban J connectivity index is 1.33. The van der Waals surface area contributed by atoms with Gasteiger partial charge in [0.25, 0.3) is 0 Å². The molecule has 128 valence electrons. The van der Waals surface area contributed by atoms with E-state index in [4.69, 9.17) is 9.72 Å². The second kappa shape index (κ2) is 7.17. The molecule has 1 unspecified atom stereocenters. The van der Waals surface area contributed by atoms with Crippen LogP contribution in [-0.2, 0) is 9.53 Å². The van der Waals surface area contributed by atoms with Crippen LogP contribution in [0.25, 0.3) is 10.2 Å². The lowest BCUT2D eigenvalue weighted by Crippen LogP contribution is -2.44. The summed E-state index contributed by atoms with van der Waals surface area (Å²) in [6, 6.07) is 8.31. The van der Waals surface area contributed by atoms with Crippen LogP contribution in [0, 0.1) is 0 Å². The Morgan fingerprint density at radius 2 is 2.17 bits per heavy atom. The average molecular weight is 345 g/mol. The Morgan fingerprint density at radius 1 is 1.33 bits per heavy atom. The first kappa shape index (κ1) is 16.0. The number of amides is 1. The molecule has 2 aliphatic rings. The van der Waals surface area contributed by atoms with E-state index in [1.807, 2.05) is 11.0 Å². The summed E-state index contributed by atoms with van der Waals surface area (Å²) >= 11 is 1.80. The number of nitrogens with one attached hydrogen (secondary N) is 1. The number of carbonyl (C=O) groups excluding carboxylic acids is 1. The maximum atomic E-state index is 12.5. The third-order valence-electron chi connectivity index (χ3n) is 4.91. The third-order valence-corrected chi connectivity index (χ3v) is 6.11. The SMILES string of the molecule is O=C(CC1CNCCO1)N1CCC(c2nc3ccccc3s2)CC1. The van der Waals surface area contributed by atoms with Crippen molar-refractivity contribution in [2.24, 2.45) is 0 Å². The number of nitrogens with zero attached hydrogens (tertiary/aromatic N) is 2. The van der Waals surface area contributed by atoms with E-state index in [9.17, 15) is 4.79 Å². The predicted octanol–water partition coefficient (Wildman–Crippen LogP) is 2.38. The number of rotatable bonds is 3. The van der Waals surface area contributed by atoms with Gasteiger partial charge in [-0.1, -0.05) is 12.1 Å². The zero-order valence-electron chi connectivity index (χ0n) is 13.7. The summed E-state index contributed by atoms with van der Waals surface area (Å²) in [5.41, 5.74) is 1.10. The van der Waals surface area contributed by atoms with Crippen molar-refractivity contribution in [2.75, 3.05) is 32.8 Å². The maximum Gasteiger partial charge on any atom is 0.225 e. The molecule has 0 spiro atoms. The highest BCUT2D eigenvalue weighted by molar-refractivity contribution is 7.18. The Bertz CT molecular complexity index is 670. The number of morpholine rings is 1.